The molecule has 5 nitrogen and oxygen atoms in total. The number of ether oxygens (including phenoxy) is 1. The summed E-state index contributed by atoms with van der Waals surface area (Å²) in [5.41, 5.74) is 1.11. The molecule has 1 aliphatic heterocycles. The Labute approximate surface area is 131 Å². The van der Waals surface area contributed by atoms with Crippen molar-refractivity contribution in [3.05, 3.63) is 29.8 Å². The lowest BCUT2D eigenvalue weighted by Gasteiger charge is -2.16. The van der Waals surface area contributed by atoms with Crippen LogP contribution in [0.4, 0.5) is 0 Å². The molecule has 0 aromatic heterocycles. The van der Waals surface area contributed by atoms with E-state index in [-0.39, 0.29) is 17.9 Å². The summed E-state index contributed by atoms with van der Waals surface area (Å²) in [6, 6.07) is 7.80. The van der Waals surface area contributed by atoms with Crippen LogP contribution in [0.15, 0.2) is 24.3 Å². The molecule has 0 saturated carbocycles. The van der Waals surface area contributed by atoms with E-state index in [1.54, 1.807) is 7.11 Å². The topological polar surface area (TPSA) is 67.4 Å². The monoisotopic (exact) mass is 304 g/mol. The lowest BCUT2D eigenvalue weighted by Crippen LogP contribution is -2.42. The van der Waals surface area contributed by atoms with Gasteiger partial charge in [0.05, 0.1) is 7.11 Å². The number of hydrogen-bond acceptors (Lipinski definition) is 3. The standard InChI is InChI=1S/C17H24N2O3/c1-22-15-9-6-13(7-10-15)8-11-16(20)18-12-14-4-2-3-5-17(21)19-14/h6-7,9-10,14H,2-5,8,11-12H2,1H3,(H,18,20)(H,19,21). The Hall–Kier alpha value is -2.04. The Morgan fingerprint density at radius 2 is 2.09 bits per heavy atom. The summed E-state index contributed by atoms with van der Waals surface area (Å²) >= 11 is 0. The van der Waals surface area contributed by atoms with Crippen LogP contribution in [-0.2, 0) is 16.0 Å². The summed E-state index contributed by atoms with van der Waals surface area (Å²) < 4.78 is 5.11. The van der Waals surface area contributed by atoms with Gasteiger partial charge in [-0.1, -0.05) is 18.6 Å². The quantitative estimate of drug-likeness (QED) is 0.842. The van der Waals surface area contributed by atoms with Crippen LogP contribution in [-0.4, -0.2) is 31.5 Å². The van der Waals surface area contributed by atoms with Gasteiger partial charge in [0.2, 0.25) is 11.8 Å². The van der Waals surface area contributed by atoms with Gasteiger partial charge in [0.25, 0.3) is 0 Å². The van der Waals surface area contributed by atoms with Gasteiger partial charge in [0.15, 0.2) is 0 Å². The number of carbonyl (C=O) groups excluding carboxylic acids is 2. The van der Waals surface area contributed by atoms with Crippen molar-refractivity contribution >= 4 is 11.8 Å². The van der Waals surface area contributed by atoms with Crippen LogP contribution in [0.1, 0.15) is 37.7 Å². The maximum atomic E-state index is 11.9. The third-order valence-electron chi connectivity index (χ3n) is 3.92. The minimum absolute atomic E-state index is 0.0225. The second kappa shape index (κ2) is 8.41. The van der Waals surface area contributed by atoms with E-state index >= 15 is 0 Å². The van der Waals surface area contributed by atoms with Crippen LogP contribution in [0.5, 0.6) is 5.75 Å². The van der Waals surface area contributed by atoms with Crippen molar-refractivity contribution in [2.75, 3.05) is 13.7 Å². The van der Waals surface area contributed by atoms with E-state index in [4.69, 9.17) is 4.74 Å². The number of benzene rings is 1. The molecule has 2 amide bonds. The lowest BCUT2D eigenvalue weighted by atomic mass is 10.1. The molecule has 0 radical (unpaired) electrons. The predicted octanol–water partition coefficient (Wildman–Crippen LogP) is 1.80. The van der Waals surface area contributed by atoms with Crippen molar-refractivity contribution in [1.82, 2.24) is 10.6 Å². The molecule has 1 aromatic carbocycles. The van der Waals surface area contributed by atoms with Gasteiger partial charge in [-0.15, -0.1) is 0 Å². The largest absolute Gasteiger partial charge is 0.497 e. The second-order valence-corrected chi connectivity index (χ2v) is 5.66. The van der Waals surface area contributed by atoms with E-state index in [0.717, 1.165) is 30.6 Å². The summed E-state index contributed by atoms with van der Waals surface area (Å²) in [4.78, 5) is 23.4. The van der Waals surface area contributed by atoms with E-state index in [1.807, 2.05) is 24.3 Å². The zero-order chi connectivity index (χ0) is 15.8. The lowest BCUT2D eigenvalue weighted by molar-refractivity contribution is -0.123. The minimum Gasteiger partial charge on any atom is -0.497 e. The molecule has 1 fully saturated rings. The van der Waals surface area contributed by atoms with Crippen molar-refractivity contribution in [2.24, 2.45) is 0 Å². The summed E-state index contributed by atoms with van der Waals surface area (Å²) in [6.45, 7) is 0.521. The van der Waals surface area contributed by atoms with Crippen LogP contribution in [0.3, 0.4) is 0 Å². The van der Waals surface area contributed by atoms with Gasteiger partial charge in [-0.2, -0.15) is 0 Å². The maximum Gasteiger partial charge on any atom is 0.220 e. The molecule has 1 unspecified atom stereocenters. The third kappa shape index (κ3) is 5.39. The zero-order valence-electron chi connectivity index (χ0n) is 13.1. The smallest absolute Gasteiger partial charge is 0.220 e. The number of aryl methyl sites for hydroxylation is 1. The SMILES string of the molecule is COc1ccc(CCC(=O)NCC2CCCCC(=O)N2)cc1. The number of hydrogen-bond donors (Lipinski definition) is 2. The molecule has 0 aliphatic carbocycles. The molecule has 2 rings (SSSR count). The molecule has 120 valence electrons. The maximum absolute atomic E-state index is 11.9. The summed E-state index contributed by atoms with van der Waals surface area (Å²) in [7, 11) is 1.63. The van der Waals surface area contributed by atoms with Gasteiger partial charge in [-0.05, 0) is 37.0 Å². The van der Waals surface area contributed by atoms with E-state index in [1.165, 1.54) is 0 Å². The van der Waals surface area contributed by atoms with Crippen molar-refractivity contribution in [3.8, 4) is 5.75 Å². The van der Waals surface area contributed by atoms with Gasteiger partial charge in [-0.25, -0.2) is 0 Å². The summed E-state index contributed by atoms with van der Waals surface area (Å²) in [6.07, 6.45) is 4.66. The van der Waals surface area contributed by atoms with Gasteiger partial charge < -0.3 is 15.4 Å². The molecule has 1 heterocycles. The normalized spacial score (nSPS) is 18.2. The van der Waals surface area contributed by atoms with E-state index in [2.05, 4.69) is 10.6 Å². The highest BCUT2D eigenvalue weighted by Gasteiger charge is 2.16. The van der Waals surface area contributed by atoms with Crippen molar-refractivity contribution in [1.29, 1.82) is 0 Å². The van der Waals surface area contributed by atoms with Gasteiger partial charge in [0, 0.05) is 25.4 Å². The Morgan fingerprint density at radius 3 is 2.82 bits per heavy atom. The second-order valence-electron chi connectivity index (χ2n) is 5.66. The number of amides is 2. The van der Waals surface area contributed by atoms with Crippen molar-refractivity contribution < 1.29 is 14.3 Å². The Morgan fingerprint density at radius 1 is 1.32 bits per heavy atom. The zero-order valence-corrected chi connectivity index (χ0v) is 13.1. The highest BCUT2D eigenvalue weighted by Crippen LogP contribution is 2.12. The van der Waals surface area contributed by atoms with Crippen LogP contribution in [0.2, 0.25) is 0 Å². The average molecular weight is 304 g/mol. The fraction of sp³-hybridized carbons (Fsp3) is 0.529. The van der Waals surface area contributed by atoms with Crippen LogP contribution >= 0.6 is 0 Å². The van der Waals surface area contributed by atoms with Crippen molar-refractivity contribution in [2.45, 2.75) is 44.6 Å². The number of nitrogens with one attached hydrogen (secondary N) is 2. The molecule has 0 spiro atoms. The summed E-state index contributed by atoms with van der Waals surface area (Å²) in [5.74, 6) is 0.932. The first-order valence-corrected chi connectivity index (χ1v) is 7.86. The van der Waals surface area contributed by atoms with Gasteiger partial charge in [0.1, 0.15) is 5.75 Å². The fourth-order valence-corrected chi connectivity index (χ4v) is 2.58. The molecule has 5 heteroatoms. The van der Waals surface area contributed by atoms with Crippen molar-refractivity contribution in [3.63, 3.8) is 0 Å². The molecule has 1 aliphatic rings. The number of rotatable bonds is 6. The Bertz CT molecular complexity index is 499. The molecule has 1 atom stereocenters. The molecule has 2 N–H and O–H groups in total. The molecular weight excluding hydrogens is 280 g/mol. The predicted molar refractivity (Wildman–Crippen MR) is 84.7 cm³/mol. The van der Waals surface area contributed by atoms with Crippen LogP contribution in [0.25, 0.3) is 0 Å². The summed E-state index contributed by atoms with van der Waals surface area (Å²) in [5, 5.41) is 5.87. The molecule has 22 heavy (non-hydrogen) atoms. The molecule has 1 aromatic rings. The third-order valence-corrected chi connectivity index (χ3v) is 3.92. The van der Waals surface area contributed by atoms with Crippen LogP contribution in [0, 0.1) is 0 Å². The number of carbonyl (C=O) groups is 2. The highest BCUT2D eigenvalue weighted by atomic mass is 16.5. The Balaban J connectivity index is 1.69. The van der Waals surface area contributed by atoms with E-state index < -0.39 is 0 Å². The molecule has 1 saturated heterocycles. The van der Waals surface area contributed by atoms with E-state index in [9.17, 15) is 9.59 Å². The first-order chi connectivity index (χ1) is 10.7. The highest BCUT2D eigenvalue weighted by molar-refractivity contribution is 5.77. The molecular formula is C17H24N2O3. The fourth-order valence-electron chi connectivity index (χ4n) is 2.58. The Kier molecular flexibility index (Phi) is 6.25. The number of methoxy groups -OCH3 is 1. The first kappa shape index (κ1) is 16.3. The van der Waals surface area contributed by atoms with Crippen LogP contribution < -0.4 is 15.4 Å². The minimum atomic E-state index is 0.0225. The van der Waals surface area contributed by atoms with E-state index in [0.29, 0.717) is 25.8 Å². The molecule has 0 bridgehead atoms. The van der Waals surface area contributed by atoms with Gasteiger partial charge >= 0.3 is 0 Å². The van der Waals surface area contributed by atoms with Gasteiger partial charge in [-0.3, -0.25) is 9.59 Å². The first-order valence-electron chi connectivity index (χ1n) is 7.86. The average Bonchev–Trinajstić information content (AvgIpc) is 2.75.